The van der Waals surface area contributed by atoms with Crippen molar-refractivity contribution < 1.29 is 17.9 Å². The van der Waals surface area contributed by atoms with Gasteiger partial charge in [0, 0.05) is 11.9 Å². The highest BCUT2D eigenvalue weighted by molar-refractivity contribution is 7.89. The highest BCUT2D eigenvalue weighted by Crippen LogP contribution is 2.24. The molecule has 0 amide bonds. The number of benzene rings is 2. The molecule has 3 aromatic rings. The first-order valence-corrected chi connectivity index (χ1v) is 12.8. The monoisotopic (exact) mass is 474 g/mol. The van der Waals surface area contributed by atoms with E-state index in [1.807, 2.05) is 45.2 Å². The first-order chi connectivity index (χ1) is 15.2. The zero-order chi connectivity index (χ0) is 23.3. The molecule has 0 unspecified atom stereocenters. The Morgan fingerprint density at radius 3 is 2.28 bits per heavy atom. The lowest BCUT2D eigenvalue weighted by Gasteiger charge is -2.23. The predicted molar refractivity (Wildman–Crippen MR) is 128 cm³/mol. The van der Waals surface area contributed by atoms with Crippen molar-refractivity contribution in [1.29, 1.82) is 0 Å². The van der Waals surface area contributed by atoms with E-state index in [0.717, 1.165) is 21.9 Å². The Hall–Kier alpha value is -2.42. The van der Waals surface area contributed by atoms with Gasteiger partial charge in [-0.2, -0.15) is 4.31 Å². The summed E-state index contributed by atoms with van der Waals surface area (Å²) in [5, 5.41) is 2.71. The Morgan fingerprint density at radius 2 is 1.69 bits per heavy atom. The van der Waals surface area contributed by atoms with Crippen LogP contribution in [0.25, 0.3) is 0 Å². The lowest BCUT2D eigenvalue weighted by atomic mass is 10.1. The van der Waals surface area contributed by atoms with Gasteiger partial charge in [-0.1, -0.05) is 19.9 Å². The molecule has 1 aromatic heterocycles. The summed E-state index contributed by atoms with van der Waals surface area (Å²) in [5.41, 5.74) is 3.01. The van der Waals surface area contributed by atoms with Crippen LogP contribution in [-0.4, -0.2) is 31.4 Å². The molecule has 8 heteroatoms. The second-order valence-corrected chi connectivity index (χ2v) is 11.1. The number of ether oxygens (including phenoxy) is 2. The van der Waals surface area contributed by atoms with E-state index in [9.17, 15) is 8.42 Å². The molecule has 0 saturated carbocycles. The zero-order valence-electron chi connectivity index (χ0n) is 19.2. The fourth-order valence-electron chi connectivity index (χ4n) is 3.38. The topological polar surface area (TPSA) is 68.7 Å². The van der Waals surface area contributed by atoms with Crippen LogP contribution < -0.4 is 9.47 Å². The van der Waals surface area contributed by atoms with Gasteiger partial charge in [-0.15, -0.1) is 11.3 Å². The number of aryl methyl sites for hydroxylation is 2. The van der Waals surface area contributed by atoms with E-state index in [-0.39, 0.29) is 17.4 Å². The van der Waals surface area contributed by atoms with Gasteiger partial charge < -0.3 is 9.47 Å². The smallest absolute Gasteiger partial charge is 0.243 e. The molecule has 0 radical (unpaired) electrons. The van der Waals surface area contributed by atoms with Crippen molar-refractivity contribution in [1.82, 2.24) is 9.29 Å². The van der Waals surface area contributed by atoms with Crippen molar-refractivity contribution in [2.45, 2.75) is 45.7 Å². The highest BCUT2D eigenvalue weighted by atomic mass is 32.2. The minimum atomic E-state index is -3.66. The van der Waals surface area contributed by atoms with Crippen LogP contribution in [0.4, 0.5) is 0 Å². The fraction of sp³-hybridized carbons (Fsp3) is 0.375. The fourth-order valence-corrected chi connectivity index (χ4v) is 5.65. The average molecular weight is 475 g/mol. The number of rotatable bonds is 10. The SMILES string of the molecule is COc1ccc(S(=O)(=O)N(Cc2csc(COc3cc(C)cc(C)c3)n2)CC(C)C)cc1. The van der Waals surface area contributed by atoms with Crippen LogP contribution >= 0.6 is 11.3 Å². The maximum Gasteiger partial charge on any atom is 0.243 e. The lowest BCUT2D eigenvalue weighted by molar-refractivity contribution is 0.304. The molecule has 0 saturated heterocycles. The highest BCUT2D eigenvalue weighted by Gasteiger charge is 2.26. The number of hydrogen-bond donors (Lipinski definition) is 0. The van der Waals surface area contributed by atoms with Crippen LogP contribution in [0.5, 0.6) is 11.5 Å². The molecule has 0 aliphatic carbocycles. The van der Waals surface area contributed by atoms with Gasteiger partial charge in [-0.05, 0) is 67.3 Å². The molecule has 0 bridgehead atoms. The Morgan fingerprint density at radius 1 is 1.03 bits per heavy atom. The second kappa shape index (κ2) is 10.5. The van der Waals surface area contributed by atoms with Gasteiger partial charge in [0.25, 0.3) is 0 Å². The van der Waals surface area contributed by atoms with E-state index in [0.29, 0.717) is 24.6 Å². The van der Waals surface area contributed by atoms with Crippen molar-refractivity contribution in [3.05, 3.63) is 69.7 Å². The molecule has 3 rings (SSSR count). The third kappa shape index (κ3) is 6.31. The first-order valence-electron chi connectivity index (χ1n) is 10.5. The van der Waals surface area contributed by atoms with Crippen molar-refractivity contribution in [2.75, 3.05) is 13.7 Å². The molecule has 32 heavy (non-hydrogen) atoms. The number of thiazole rings is 1. The molecular weight excluding hydrogens is 444 g/mol. The summed E-state index contributed by atoms with van der Waals surface area (Å²) in [6.07, 6.45) is 0. The van der Waals surface area contributed by atoms with Crippen LogP contribution in [0.1, 0.15) is 35.7 Å². The maximum absolute atomic E-state index is 13.3. The van der Waals surface area contributed by atoms with Crippen molar-refractivity contribution in [2.24, 2.45) is 5.92 Å². The summed E-state index contributed by atoms with van der Waals surface area (Å²) in [7, 11) is -2.11. The molecule has 0 N–H and O–H groups in total. The number of hydrogen-bond acceptors (Lipinski definition) is 6. The van der Waals surface area contributed by atoms with Crippen LogP contribution in [0.3, 0.4) is 0 Å². The predicted octanol–water partition coefficient (Wildman–Crippen LogP) is 5.19. The third-order valence-electron chi connectivity index (χ3n) is 4.76. The molecule has 0 fully saturated rings. The van der Waals surface area contributed by atoms with Crippen molar-refractivity contribution >= 4 is 21.4 Å². The summed E-state index contributed by atoms with van der Waals surface area (Å²) in [5.74, 6) is 1.60. The Kier molecular flexibility index (Phi) is 7.92. The molecule has 1 heterocycles. The molecule has 0 spiro atoms. The molecular formula is C24H30N2O4S2. The lowest BCUT2D eigenvalue weighted by Crippen LogP contribution is -2.34. The Labute approximate surface area is 194 Å². The molecule has 0 atom stereocenters. The van der Waals surface area contributed by atoms with E-state index in [4.69, 9.17) is 9.47 Å². The summed E-state index contributed by atoms with van der Waals surface area (Å²) < 4.78 is 39.1. The number of aromatic nitrogens is 1. The first kappa shape index (κ1) is 24.2. The quantitative estimate of drug-likeness (QED) is 0.404. The summed E-state index contributed by atoms with van der Waals surface area (Å²) in [6, 6.07) is 12.6. The minimum Gasteiger partial charge on any atom is -0.497 e. The van der Waals surface area contributed by atoms with Gasteiger partial charge >= 0.3 is 0 Å². The minimum absolute atomic E-state index is 0.175. The van der Waals surface area contributed by atoms with Crippen molar-refractivity contribution in [3.63, 3.8) is 0 Å². The van der Waals surface area contributed by atoms with Crippen LogP contribution in [0.15, 0.2) is 52.7 Å². The van der Waals surface area contributed by atoms with Gasteiger partial charge in [0.15, 0.2) is 0 Å². The van der Waals surface area contributed by atoms with E-state index in [2.05, 4.69) is 11.1 Å². The molecule has 172 valence electrons. The summed E-state index contributed by atoms with van der Waals surface area (Å²) in [4.78, 5) is 4.86. The normalized spacial score (nSPS) is 11.8. The van der Waals surface area contributed by atoms with Crippen LogP contribution in [0, 0.1) is 19.8 Å². The zero-order valence-corrected chi connectivity index (χ0v) is 20.8. The molecule has 2 aromatic carbocycles. The second-order valence-electron chi connectivity index (χ2n) is 8.21. The molecule has 0 aliphatic rings. The van der Waals surface area contributed by atoms with Crippen molar-refractivity contribution in [3.8, 4) is 11.5 Å². The van der Waals surface area contributed by atoms with E-state index in [1.54, 1.807) is 31.4 Å². The summed E-state index contributed by atoms with van der Waals surface area (Å²) >= 11 is 1.48. The number of sulfonamides is 1. The largest absolute Gasteiger partial charge is 0.497 e. The summed E-state index contributed by atoms with van der Waals surface area (Å²) in [6.45, 7) is 9.04. The van der Waals surface area contributed by atoms with Gasteiger partial charge in [-0.3, -0.25) is 0 Å². The molecule has 0 aliphatic heterocycles. The number of nitrogens with zero attached hydrogens (tertiary/aromatic N) is 2. The number of methoxy groups -OCH3 is 1. The van der Waals surface area contributed by atoms with Gasteiger partial charge in [0.1, 0.15) is 23.1 Å². The Bertz CT molecular complexity index is 1120. The van der Waals surface area contributed by atoms with Crippen LogP contribution in [0.2, 0.25) is 0 Å². The maximum atomic E-state index is 13.3. The van der Waals surface area contributed by atoms with Gasteiger partial charge in [0.05, 0.1) is 24.2 Å². The van der Waals surface area contributed by atoms with E-state index in [1.165, 1.54) is 15.6 Å². The van der Waals surface area contributed by atoms with E-state index < -0.39 is 10.0 Å². The van der Waals surface area contributed by atoms with E-state index >= 15 is 0 Å². The van der Waals surface area contributed by atoms with Gasteiger partial charge in [0.2, 0.25) is 10.0 Å². The third-order valence-corrected chi connectivity index (χ3v) is 7.46. The van der Waals surface area contributed by atoms with Gasteiger partial charge in [-0.25, -0.2) is 13.4 Å². The average Bonchev–Trinajstić information content (AvgIpc) is 3.18. The Balaban J connectivity index is 1.73. The molecule has 6 nitrogen and oxygen atoms in total. The standard InChI is InChI=1S/C24H30N2O4S2/c1-17(2)13-26(32(27,28)23-8-6-21(29-5)7-9-23)14-20-16-31-24(25-20)15-30-22-11-18(3)10-19(4)12-22/h6-12,16-17H,13-15H2,1-5H3. The van der Waals surface area contributed by atoms with Crippen LogP contribution in [-0.2, 0) is 23.2 Å².